The van der Waals surface area contributed by atoms with Crippen LogP contribution >= 0.6 is 11.6 Å². The Labute approximate surface area is 180 Å². The molecule has 2 aromatic rings. The van der Waals surface area contributed by atoms with Gasteiger partial charge >= 0.3 is 6.03 Å². The summed E-state index contributed by atoms with van der Waals surface area (Å²) in [4.78, 5) is 28.2. The van der Waals surface area contributed by atoms with Gasteiger partial charge < -0.3 is 19.9 Å². The summed E-state index contributed by atoms with van der Waals surface area (Å²) < 4.78 is 5.57. The van der Waals surface area contributed by atoms with Crippen LogP contribution in [0.25, 0.3) is 11.1 Å². The number of hydrogen-bond donors (Lipinski definition) is 1. The molecule has 0 aliphatic carbocycles. The third-order valence-electron chi connectivity index (χ3n) is 6.30. The molecule has 3 heterocycles. The monoisotopic (exact) mass is 425 g/mol. The summed E-state index contributed by atoms with van der Waals surface area (Å²) >= 11 is 6.55. The van der Waals surface area contributed by atoms with Crippen LogP contribution in [0.15, 0.2) is 48.5 Å². The molecule has 0 bridgehead atoms. The van der Waals surface area contributed by atoms with Crippen LogP contribution in [0.2, 0.25) is 5.02 Å². The lowest BCUT2D eigenvalue weighted by atomic mass is 9.90. The van der Waals surface area contributed by atoms with Gasteiger partial charge in [0.1, 0.15) is 6.61 Å². The molecule has 3 aliphatic heterocycles. The maximum atomic E-state index is 12.9. The zero-order chi connectivity index (χ0) is 20.7. The van der Waals surface area contributed by atoms with Gasteiger partial charge in [0.05, 0.1) is 12.1 Å². The molecular formula is C23H24ClN3O3. The van der Waals surface area contributed by atoms with E-state index in [1.54, 1.807) is 0 Å². The first kappa shape index (κ1) is 19.4. The summed E-state index contributed by atoms with van der Waals surface area (Å²) in [5.41, 5.74) is 3.28. The Hall–Kier alpha value is -2.57. The van der Waals surface area contributed by atoms with Crippen molar-refractivity contribution in [1.29, 1.82) is 0 Å². The van der Waals surface area contributed by atoms with E-state index in [0.29, 0.717) is 32.1 Å². The number of halogens is 1. The number of hydrogen-bond acceptors (Lipinski definition) is 3. The molecular weight excluding hydrogens is 402 g/mol. The van der Waals surface area contributed by atoms with Crippen LogP contribution in [-0.4, -0.2) is 66.7 Å². The Morgan fingerprint density at radius 2 is 1.87 bits per heavy atom. The Balaban J connectivity index is 1.20. The molecule has 2 aromatic carbocycles. The van der Waals surface area contributed by atoms with Gasteiger partial charge in [-0.2, -0.15) is 0 Å². The summed E-state index contributed by atoms with van der Waals surface area (Å²) in [6, 6.07) is 16.2. The van der Waals surface area contributed by atoms with Gasteiger partial charge in [0, 0.05) is 42.7 Å². The van der Waals surface area contributed by atoms with Crippen molar-refractivity contribution in [3.63, 3.8) is 0 Å². The third kappa shape index (κ3) is 3.66. The minimum atomic E-state index is -0.106. The number of rotatable bonds is 2. The fraction of sp³-hybridized carbons (Fsp3) is 0.391. The Morgan fingerprint density at radius 1 is 1.07 bits per heavy atom. The van der Waals surface area contributed by atoms with E-state index in [4.69, 9.17) is 16.3 Å². The van der Waals surface area contributed by atoms with Crippen LogP contribution in [0.5, 0.6) is 0 Å². The van der Waals surface area contributed by atoms with E-state index in [2.05, 4.69) is 17.4 Å². The number of urea groups is 1. The third-order valence-corrected chi connectivity index (χ3v) is 6.61. The summed E-state index contributed by atoms with van der Waals surface area (Å²) in [6.45, 7) is 2.66. The van der Waals surface area contributed by atoms with Crippen molar-refractivity contribution in [1.82, 2.24) is 15.1 Å². The maximum Gasteiger partial charge on any atom is 0.320 e. The standard InChI is InChI=1S/C23H24ClN3O3/c24-19-10-16(6-7-18(19)15-4-2-1-3-5-15)17-11-27(12-17)23(29)26-9-8-21-20(13-26)25-22(28)14-30-21/h1-7,10,17,20-21H,8-9,11-14H2,(H,25,28)/t20-,21+/m1/s1. The van der Waals surface area contributed by atoms with E-state index in [0.717, 1.165) is 28.1 Å². The molecule has 3 saturated heterocycles. The molecule has 30 heavy (non-hydrogen) atoms. The highest BCUT2D eigenvalue weighted by Gasteiger charge is 2.40. The highest BCUT2D eigenvalue weighted by atomic mass is 35.5. The first-order valence-electron chi connectivity index (χ1n) is 10.4. The van der Waals surface area contributed by atoms with Crippen LogP contribution < -0.4 is 5.32 Å². The van der Waals surface area contributed by atoms with Gasteiger partial charge in [-0.15, -0.1) is 0 Å². The van der Waals surface area contributed by atoms with Crippen molar-refractivity contribution in [3.05, 3.63) is 59.1 Å². The normalized spacial score (nSPS) is 24.1. The summed E-state index contributed by atoms with van der Waals surface area (Å²) in [5, 5.41) is 3.68. The number of nitrogens with one attached hydrogen (secondary N) is 1. The molecule has 3 aliphatic rings. The van der Waals surface area contributed by atoms with E-state index in [-0.39, 0.29) is 30.7 Å². The Morgan fingerprint density at radius 3 is 2.63 bits per heavy atom. The van der Waals surface area contributed by atoms with E-state index in [1.807, 2.05) is 46.2 Å². The molecule has 6 nitrogen and oxygen atoms in total. The molecule has 0 aromatic heterocycles. The van der Waals surface area contributed by atoms with Gasteiger partial charge in [0.15, 0.2) is 0 Å². The highest BCUT2D eigenvalue weighted by Crippen LogP contribution is 2.34. The predicted molar refractivity (Wildman–Crippen MR) is 114 cm³/mol. The van der Waals surface area contributed by atoms with Gasteiger partial charge in [-0.05, 0) is 23.6 Å². The number of morpholine rings is 1. The molecule has 7 heteroatoms. The van der Waals surface area contributed by atoms with Gasteiger partial charge in [-0.1, -0.05) is 54.1 Å². The predicted octanol–water partition coefficient (Wildman–Crippen LogP) is 3.12. The minimum Gasteiger partial charge on any atom is -0.366 e. The summed E-state index contributed by atoms with van der Waals surface area (Å²) in [7, 11) is 0. The average molecular weight is 426 g/mol. The molecule has 0 unspecified atom stereocenters. The molecule has 0 saturated carbocycles. The topological polar surface area (TPSA) is 61.9 Å². The molecule has 2 atom stereocenters. The molecule has 156 valence electrons. The fourth-order valence-electron chi connectivity index (χ4n) is 4.56. The van der Waals surface area contributed by atoms with E-state index < -0.39 is 0 Å². The summed E-state index contributed by atoms with van der Waals surface area (Å²) in [6.07, 6.45) is 0.769. The van der Waals surface area contributed by atoms with Crippen LogP contribution in [0.3, 0.4) is 0 Å². The lowest BCUT2D eigenvalue weighted by molar-refractivity contribution is -0.139. The van der Waals surface area contributed by atoms with Gasteiger partial charge in [0.2, 0.25) is 5.91 Å². The first-order chi connectivity index (χ1) is 14.6. The number of carbonyl (C=O) groups excluding carboxylic acids is 2. The molecule has 5 rings (SSSR count). The lowest BCUT2D eigenvalue weighted by Gasteiger charge is -2.46. The number of benzene rings is 2. The largest absolute Gasteiger partial charge is 0.366 e. The highest BCUT2D eigenvalue weighted by molar-refractivity contribution is 6.33. The molecule has 0 spiro atoms. The molecule has 3 fully saturated rings. The zero-order valence-corrected chi connectivity index (χ0v) is 17.3. The SMILES string of the molecule is O=C1CO[C@H]2CCN(C(=O)N3CC(c4ccc(-c5ccccc5)c(Cl)c4)C3)C[C@H]2N1. The zero-order valence-electron chi connectivity index (χ0n) is 16.6. The average Bonchev–Trinajstić information content (AvgIpc) is 2.73. The first-order valence-corrected chi connectivity index (χ1v) is 10.8. The quantitative estimate of drug-likeness (QED) is 0.804. The van der Waals surface area contributed by atoms with Crippen molar-refractivity contribution < 1.29 is 14.3 Å². The number of ether oxygens (including phenoxy) is 1. The van der Waals surface area contributed by atoms with Crippen molar-refractivity contribution >= 4 is 23.5 Å². The van der Waals surface area contributed by atoms with E-state index >= 15 is 0 Å². The second-order valence-electron chi connectivity index (χ2n) is 8.25. The maximum absolute atomic E-state index is 12.9. The van der Waals surface area contributed by atoms with Gasteiger partial charge in [0.25, 0.3) is 0 Å². The number of amides is 3. The number of nitrogens with zero attached hydrogens (tertiary/aromatic N) is 2. The smallest absolute Gasteiger partial charge is 0.320 e. The molecule has 3 amide bonds. The molecule has 1 N–H and O–H groups in total. The number of carbonyl (C=O) groups is 2. The van der Waals surface area contributed by atoms with Gasteiger partial charge in [-0.25, -0.2) is 4.79 Å². The number of likely N-dealkylation sites (tertiary alicyclic amines) is 2. The Kier molecular flexibility index (Phi) is 5.13. The van der Waals surface area contributed by atoms with Crippen LogP contribution in [0.4, 0.5) is 4.79 Å². The fourth-order valence-corrected chi connectivity index (χ4v) is 4.85. The van der Waals surface area contributed by atoms with E-state index in [9.17, 15) is 9.59 Å². The summed E-state index contributed by atoms with van der Waals surface area (Å²) in [5.74, 6) is 0.192. The van der Waals surface area contributed by atoms with Crippen LogP contribution in [0, 0.1) is 0 Å². The lowest BCUT2D eigenvalue weighted by Crippen LogP contribution is -2.63. The van der Waals surface area contributed by atoms with Crippen molar-refractivity contribution in [2.24, 2.45) is 0 Å². The second kappa shape index (κ2) is 7.93. The molecule has 0 radical (unpaired) electrons. The van der Waals surface area contributed by atoms with Crippen LogP contribution in [0.1, 0.15) is 17.9 Å². The van der Waals surface area contributed by atoms with E-state index in [1.165, 1.54) is 0 Å². The minimum absolute atomic E-state index is 0.0150. The van der Waals surface area contributed by atoms with Crippen molar-refractivity contribution in [3.8, 4) is 11.1 Å². The van der Waals surface area contributed by atoms with Crippen molar-refractivity contribution in [2.75, 3.05) is 32.8 Å². The Bertz CT molecular complexity index is 961. The number of fused-ring (bicyclic) bond motifs is 1. The van der Waals surface area contributed by atoms with Gasteiger partial charge in [-0.3, -0.25) is 4.79 Å². The second-order valence-corrected chi connectivity index (χ2v) is 8.66. The van der Waals surface area contributed by atoms with Crippen LogP contribution in [-0.2, 0) is 9.53 Å². The van der Waals surface area contributed by atoms with Crippen molar-refractivity contribution in [2.45, 2.75) is 24.5 Å². The number of piperidine rings is 1.